The maximum Gasteiger partial charge on any atom is 0.161 e. The Morgan fingerprint density at radius 2 is 2.23 bits per heavy atom. The highest BCUT2D eigenvalue weighted by atomic mass is 32.1. The molecule has 0 bridgehead atoms. The minimum absolute atomic E-state index is 0.104. The van der Waals surface area contributed by atoms with Gasteiger partial charge in [0.2, 0.25) is 0 Å². The molecule has 0 amide bonds. The number of nitrogens with zero attached hydrogens (tertiary/aromatic N) is 1. The van der Waals surface area contributed by atoms with Crippen molar-refractivity contribution in [3.8, 4) is 0 Å². The van der Waals surface area contributed by atoms with Crippen molar-refractivity contribution in [2.45, 2.75) is 6.92 Å². The first-order valence-corrected chi connectivity index (χ1v) is 4.97. The van der Waals surface area contributed by atoms with Gasteiger partial charge in [0.25, 0.3) is 0 Å². The van der Waals surface area contributed by atoms with Gasteiger partial charge in [-0.25, -0.2) is 0 Å². The lowest BCUT2D eigenvalue weighted by Gasteiger charge is -2.08. The molecule has 0 saturated heterocycles. The SMILES string of the molecule is CC(=O)C(=CN(C)C)c1ccsc1. The van der Waals surface area contributed by atoms with E-state index in [1.54, 1.807) is 18.3 Å². The summed E-state index contributed by atoms with van der Waals surface area (Å²) in [7, 11) is 3.82. The van der Waals surface area contributed by atoms with Crippen LogP contribution in [0.2, 0.25) is 0 Å². The van der Waals surface area contributed by atoms with Crippen LogP contribution in [0.25, 0.3) is 5.57 Å². The number of hydrogen-bond acceptors (Lipinski definition) is 3. The van der Waals surface area contributed by atoms with Gasteiger partial charge in [-0.05, 0) is 29.3 Å². The van der Waals surface area contributed by atoms with Crippen LogP contribution in [0.3, 0.4) is 0 Å². The maximum absolute atomic E-state index is 11.3. The molecule has 0 aliphatic carbocycles. The first kappa shape index (κ1) is 9.99. The molecule has 13 heavy (non-hydrogen) atoms. The van der Waals surface area contributed by atoms with Crippen LogP contribution in [0.4, 0.5) is 0 Å². The van der Waals surface area contributed by atoms with Crippen LogP contribution in [0, 0.1) is 0 Å². The van der Waals surface area contributed by atoms with Crippen molar-refractivity contribution in [2.24, 2.45) is 0 Å². The van der Waals surface area contributed by atoms with E-state index >= 15 is 0 Å². The summed E-state index contributed by atoms with van der Waals surface area (Å²) in [4.78, 5) is 13.2. The van der Waals surface area contributed by atoms with Gasteiger partial charge in [0.1, 0.15) is 0 Å². The summed E-state index contributed by atoms with van der Waals surface area (Å²) in [5, 5.41) is 3.96. The van der Waals surface area contributed by atoms with Crippen LogP contribution in [-0.2, 0) is 4.79 Å². The van der Waals surface area contributed by atoms with Gasteiger partial charge in [-0.3, -0.25) is 4.79 Å². The Hall–Kier alpha value is -1.09. The van der Waals surface area contributed by atoms with Crippen molar-refractivity contribution in [3.63, 3.8) is 0 Å². The first-order valence-electron chi connectivity index (χ1n) is 4.03. The third-order valence-corrected chi connectivity index (χ3v) is 2.28. The van der Waals surface area contributed by atoms with Gasteiger partial charge in [0.05, 0.1) is 0 Å². The highest BCUT2D eigenvalue weighted by Gasteiger charge is 2.07. The molecule has 0 fully saturated rings. The molecule has 0 spiro atoms. The molecule has 1 aromatic rings. The maximum atomic E-state index is 11.3. The summed E-state index contributed by atoms with van der Waals surface area (Å²) in [6, 6.07) is 1.96. The average Bonchev–Trinajstić information content (AvgIpc) is 2.50. The van der Waals surface area contributed by atoms with Crippen molar-refractivity contribution in [3.05, 3.63) is 28.6 Å². The Bertz CT molecular complexity index is 312. The highest BCUT2D eigenvalue weighted by Crippen LogP contribution is 2.18. The van der Waals surface area contributed by atoms with Crippen molar-refractivity contribution in [1.82, 2.24) is 4.90 Å². The first-order chi connectivity index (χ1) is 6.11. The second-order valence-corrected chi connectivity index (χ2v) is 3.85. The smallest absolute Gasteiger partial charge is 0.161 e. The minimum atomic E-state index is 0.104. The molecule has 0 atom stereocenters. The van der Waals surface area contributed by atoms with Crippen LogP contribution < -0.4 is 0 Å². The zero-order chi connectivity index (χ0) is 9.84. The summed E-state index contributed by atoms with van der Waals surface area (Å²) >= 11 is 1.60. The normalized spacial score (nSPS) is 11.5. The molecule has 70 valence electrons. The molecule has 0 unspecified atom stereocenters. The molecule has 1 rings (SSSR count). The van der Waals surface area contributed by atoms with Crippen LogP contribution >= 0.6 is 11.3 Å². The average molecular weight is 195 g/mol. The summed E-state index contributed by atoms with van der Waals surface area (Å²) in [6.07, 6.45) is 1.85. The lowest BCUT2D eigenvalue weighted by atomic mass is 10.1. The van der Waals surface area contributed by atoms with E-state index in [1.165, 1.54) is 0 Å². The van der Waals surface area contributed by atoms with Crippen LogP contribution in [0.1, 0.15) is 12.5 Å². The topological polar surface area (TPSA) is 20.3 Å². The minimum Gasteiger partial charge on any atom is -0.383 e. The van der Waals surface area contributed by atoms with E-state index in [4.69, 9.17) is 0 Å². The number of ketones is 1. The van der Waals surface area contributed by atoms with Crippen LogP contribution in [0.5, 0.6) is 0 Å². The number of rotatable bonds is 3. The van der Waals surface area contributed by atoms with E-state index < -0.39 is 0 Å². The predicted molar refractivity (Wildman–Crippen MR) is 56.7 cm³/mol. The predicted octanol–water partition coefficient (Wildman–Crippen LogP) is 2.24. The van der Waals surface area contributed by atoms with Gasteiger partial charge in [-0.2, -0.15) is 11.3 Å². The third kappa shape index (κ3) is 2.70. The van der Waals surface area contributed by atoms with Crippen molar-refractivity contribution < 1.29 is 4.79 Å². The monoisotopic (exact) mass is 195 g/mol. The summed E-state index contributed by atoms with van der Waals surface area (Å²) in [6.45, 7) is 1.59. The standard InChI is InChI=1S/C10H13NOS/c1-8(12)10(6-11(2)3)9-4-5-13-7-9/h4-7H,1-3H3. The number of allylic oxidation sites excluding steroid dienone is 1. The number of carbonyl (C=O) groups is 1. The van der Waals surface area contributed by atoms with Gasteiger partial charge in [-0.1, -0.05) is 0 Å². The van der Waals surface area contributed by atoms with Gasteiger partial charge in [-0.15, -0.1) is 0 Å². The van der Waals surface area contributed by atoms with E-state index in [2.05, 4.69) is 0 Å². The van der Waals surface area contributed by atoms with Crippen LogP contribution in [-0.4, -0.2) is 24.8 Å². The van der Waals surface area contributed by atoms with E-state index in [9.17, 15) is 4.79 Å². The molecule has 0 aliphatic heterocycles. The second kappa shape index (κ2) is 4.23. The fourth-order valence-corrected chi connectivity index (χ4v) is 1.70. The van der Waals surface area contributed by atoms with E-state index in [1.807, 2.05) is 42.0 Å². The van der Waals surface area contributed by atoms with Crippen molar-refractivity contribution in [2.75, 3.05) is 14.1 Å². The zero-order valence-electron chi connectivity index (χ0n) is 8.07. The fraction of sp³-hybridized carbons (Fsp3) is 0.300. The number of thiophene rings is 1. The Morgan fingerprint density at radius 3 is 2.62 bits per heavy atom. The Morgan fingerprint density at radius 1 is 1.54 bits per heavy atom. The Labute approximate surface area is 82.5 Å². The van der Waals surface area contributed by atoms with E-state index in [-0.39, 0.29) is 5.78 Å². The molecule has 1 aromatic heterocycles. The van der Waals surface area contributed by atoms with Gasteiger partial charge in [0, 0.05) is 25.9 Å². The molecule has 0 radical (unpaired) electrons. The number of Topliss-reactive ketones (excluding diaryl/α,β-unsaturated/α-hetero) is 1. The molecule has 0 aromatic carbocycles. The molecule has 2 nitrogen and oxygen atoms in total. The summed E-state index contributed by atoms with van der Waals surface area (Å²) in [5.74, 6) is 0.104. The molecule has 0 aliphatic rings. The lowest BCUT2D eigenvalue weighted by molar-refractivity contribution is -0.111. The Balaban J connectivity index is 3.01. The zero-order valence-corrected chi connectivity index (χ0v) is 8.89. The van der Waals surface area contributed by atoms with Gasteiger partial charge >= 0.3 is 0 Å². The van der Waals surface area contributed by atoms with Gasteiger partial charge in [0.15, 0.2) is 5.78 Å². The van der Waals surface area contributed by atoms with E-state index in [0.717, 1.165) is 11.1 Å². The fourth-order valence-electron chi connectivity index (χ4n) is 1.04. The largest absolute Gasteiger partial charge is 0.383 e. The third-order valence-electron chi connectivity index (χ3n) is 1.60. The molecular weight excluding hydrogens is 182 g/mol. The summed E-state index contributed by atoms with van der Waals surface area (Å²) in [5.41, 5.74) is 1.78. The molecule has 0 N–H and O–H groups in total. The Kier molecular flexibility index (Phi) is 3.25. The number of hydrogen-bond donors (Lipinski definition) is 0. The van der Waals surface area contributed by atoms with Crippen LogP contribution in [0.15, 0.2) is 23.0 Å². The van der Waals surface area contributed by atoms with Gasteiger partial charge < -0.3 is 4.90 Å². The summed E-state index contributed by atoms with van der Waals surface area (Å²) < 4.78 is 0. The highest BCUT2D eigenvalue weighted by molar-refractivity contribution is 7.08. The van der Waals surface area contributed by atoms with E-state index in [0.29, 0.717) is 0 Å². The van der Waals surface area contributed by atoms with Crippen molar-refractivity contribution >= 4 is 22.7 Å². The lowest BCUT2D eigenvalue weighted by Crippen LogP contribution is -2.06. The second-order valence-electron chi connectivity index (χ2n) is 3.07. The number of carbonyl (C=O) groups excluding carboxylic acids is 1. The molecule has 3 heteroatoms. The molecular formula is C10H13NOS. The quantitative estimate of drug-likeness (QED) is 0.689. The molecule has 0 saturated carbocycles. The van der Waals surface area contributed by atoms with Crippen molar-refractivity contribution in [1.29, 1.82) is 0 Å². The molecule has 1 heterocycles.